The Kier molecular flexibility index (Phi) is 9.91. The van der Waals surface area contributed by atoms with E-state index in [4.69, 9.17) is 24.1 Å². The van der Waals surface area contributed by atoms with Crippen molar-refractivity contribution in [1.29, 1.82) is 0 Å². The van der Waals surface area contributed by atoms with Gasteiger partial charge in [-0.1, -0.05) is 30.7 Å². The van der Waals surface area contributed by atoms with E-state index in [-0.39, 0.29) is 36.5 Å². The van der Waals surface area contributed by atoms with E-state index in [1.165, 1.54) is 13.0 Å². The number of amides is 1. The molecule has 1 unspecified atom stereocenters. The van der Waals surface area contributed by atoms with Gasteiger partial charge < -0.3 is 34.5 Å². The zero-order valence-corrected chi connectivity index (χ0v) is 22.8. The molecule has 0 saturated carbocycles. The number of nitrogens with one attached hydrogen (secondary N) is 1. The van der Waals surface area contributed by atoms with E-state index < -0.39 is 42.0 Å². The van der Waals surface area contributed by atoms with Crippen LogP contribution in [0.25, 0.3) is 0 Å². The molecule has 0 bridgehead atoms. The first-order valence-electron chi connectivity index (χ1n) is 13.2. The molecular formula is C28H41NO9. The lowest BCUT2D eigenvalue weighted by Gasteiger charge is -2.39. The van der Waals surface area contributed by atoms with Crippen molar-refractivity contribution in [3.8, 4) is 0 Å². The second-order valence-corrected chi connectivity index (χ2v) is 10.9. The fourth-order valence-electron chi connectivity index (χ4n) is 5.17. The Hall–Kier alpha value is -2.53. The molecule has 3 aliphatic heterocycles. The standard InChI is InChI=1S/C28H41NO9/c1-17(6-9-22-13-27(16-35-27)15-28(34,38-22)14-26(32)33)7-10-24-18(2)12-23(20(4)37-24)29-25(31)11-8-19(3)36-21(5)30/h6-9,11,18-20,22-24,34H,10,12-16H2,1-5H3,(H,29,31)(H,32,33)/b9-6+,11-8-,17-7+/t18-,19-,20+,22+,23+,24-,27+,28?/m0/s1. The zero-order valence-electron chi connectivity index (χ0n) is 22.8. The van der Waals surface area contributed by atoms with Gasteiger partial charge in [-0.25, -0.2) is 0 Å². The first-order valence-corrected chi connectivity index (χ1v) is 13.2. The minimum absolute atomic E-state index is 0.00393. The van der Waals surface area contributed by atoms with Crippen LogP contribution in [0.5, 0.6) is 0 Å². The molecule has 1 spiro atoms. The molecule has 3 heterocycles. The Labute approximate surface area is 224 Å². The number of epoxide rings is 1. The van der Waals surface area contributed by atoms with Crippen LogP contribution in [0.2, 0.25) is 0 Å². The van der Waals surface area contributed by atoms with Crippen molar-refractivity contribution < 1.29 is 43.5 Å². The molecule has 0 aromatic carbocycles. The minimum Gasteiger partial charge on any atom is -0.481 e. The molecule has 0 aromatic heterocycles. The summed E-state index contributed by atoms with van der Waals surface area (Å²) in [7, 11) is 0. The molecular weight excluding hydrogens is 494 g/mol. The average molecular weight is 536 g/mol. The van der Waals surface area contributed by atoms with Gasteiger partial charge in [0.2, 0.25) is 5.91 Å². The van der Waals surface area contributed by atoms with Crippen LogP contribution in [0.3, 0.4) is 0 Å². The summed E-state index contributed by atoms with van der Waals surface area (Å²) in [5.41, 5.74) is 0.497. The first kappa shape index (κ1) is 30.0. The van der Waals surface area contributed by atoms with Crippen LogP contribution in [0.4, 0.5) is 0 Å². The third kappa shape index (κ3) is 9.04. The van der Waals surface area contributed by atoms with Gasteiger partial charge in [-0.3, -0.25) is 14.4 Å². The zero-order chi connectivity index (χ0) is 28.1. The highest BCUT2D eigenvalue weighted by atomic mass is 16.7. The molecule has 3 aliphatic rings. The molecule has 3 saturated heterocycles. The summed E-state index contributed by atoms with van der Waals surface area (Å²) in [4.78, 5) is 34.5. The normalized spacial score (nSPS) is 36.4. The van der Waals surface area contributed by atoms with Crippen molar-refractivity contribution >= 4 is 17.8 Å². The van der Waals surface area contributed by atoms with Gasteiger partial charge in [-0.2, -0.15) is 0 Å². The lowest BCUT2D eigenvalue weighted by molar-refractivity contribution is -0.259. The van der Waals surface area contributed by atoms with E-state index in [9.17, 15) is 19.5 Å². The van der Waals surface area contributed by atoms with Crippen LogP contribution in [-0.2, 0) is 33.3 Å². The summed E-state index contributed by atoms with van der Waals surface area (Å²) in [6, 6.07) is -0.127. The number of ether oxygens (including phenoxy) is 4. The predicted octanol–water partition coefficient (Wildman–Crippen LogP) is 2.80. The maximum atomic E-state index is 12.3. The van der Waals surface area contributed by atoms with E-state index in [0.717, 1.165) is 12.0 Å². The quantitative estimate of drug-likeness (QED) is 0.166. The maximum absolute atomic E-state index is 12.3. The number of allylic oxidation sites excluding steroid dienone is 2. The third-order valence-electron chi connectivity index (χ3n) is 7.18. The minimum atomic E-state index is -1.74. The van der Waals surface area contributed by atoms with Crippen LogP contribution in [0.15, 0.2) is 36.0 Å². The van der Waals surface area contributed by atoms with E-state index in [0.29, 0.717) is 19.4 Å². The molecule has 38 heavy (non-hydrogen) atoms. The lowest BCUT2D eigenvalue weighted by atomic mass is 9.87. The fourth-order valence-corrected chi connectivity index (χ4v) is 5.17. The Bertz CT molecular complexity index is 969. The molecule has 1 amide bonds. The van der Waals surface area contributed by atoms with Gasteiger partial charge in [0.05, 0.1) is 43.0 Å². The number of esters is 1. The fraction of sp³-hybridized carbons (Fsp3) is 0.679. The number of aliphatic carboxylic acids is 1. The van der Waals surface area contributed by atoms with Crippen molar-refractivity contribution in [2.45, 2.75) is 109 Å². The topological polar surface area (TPSA) is 144 Å². The van der Waals surface area contributed by atoms with E-state index in [1.54, 1.807) is 13.0 Å². The van der Waals surface area contributed by atoms with Crippen molar-refractivity contribution in [2.75, 3.05) is 6.61 Å². The highest BCUT2D eigenvalue weighted by molar-refractivity contribution is 5.87. The van der Waals surface area contributed by atoms with Crippen LogP contribution in [0, 0.1) is 5.92 Å². The second kappa shape index (κ2) is 12.5. The van der Waals surface area contributed by atoms with Gasteiger partial charge in [0.25, 0.3) is 0 Å². The van der Waals surface area contributed by atoms with Crippen molar-refractivity contribution in [1.82, 2.24) is 5.32 Å². The molecule has 0 aromatic rings. The summed E-state index contributed by atoms with van der Waals surface area (Å²) in [5, 5.41) is 22.8. The van der Waals surface area contributed by atoms with Gasteiger partial charge in [0.15, 0.2) is 5.79 Å². The number of carbonyl (C=O) groups excluding carboxylic acids is 2. The maximum Gasteiger partial charge on any atom is 0.308 e. The number of hydrogen-bond acceptors (Lipinski definition) is 8. The van der Waals surface area contributed by atoms with Crippen molar-refractivity contribution in [3.63, 3.8) is 0 Å². The van der Waals surface area contributed by atoms with Crippen LogP contribution in [-0.4, -0.2) is 76.5 Å². The molecule has 3 N–H and O–H groups in total. The number of carboxylic acids is 1. The molecule has 0 radical (unpaired) electrons. The first-order chi connectivity index (χ1) is 17.8. The molecule has 3 fully saturated rings. The van der Waals surface area contributed by atoms with E-state index >= 15 is 0 Å². The van der Waals surface area contributed by atoms with Crippen LogP contribution >= 0.6 is 0 Å². The predicted molar refractivity (Wildman–Crippen MR) is 138 cm³/mol. The summed E-state index contributed by atoms with van der Waals surface area (Å²) in [6.07, 6.45) is 9.38. The molecule has 10 nitrogen and oxygen atoms in total. The summed E-state index contributed by atoms with van der Waals surface area (Å²) < 4.78 is 22.5. The van der Waals surface area contributed by atoms with Gasteiger partial charge in [0.1, 0.15) is 6.10 Å². The third-order valence-corrected chi connectivity index (χ3v) is 7.18. The Balaban J connectivity index is 1.49. The molecule has 10 heteroatoms. The SMILES string of the molecule is CC(=O)O[C@@H](C)/C=C\C(=O)N[C@@H]1C[C@H](C)[C@H](C/C=C(C)/C=C/[C@@H]2C[C@]3(CO3)CC(O)(CC(=O)O)O2)O[C@@H]1C. The summed E-state index contributed by atoms with van der Waals surface area (Å²) in [5.74, 6) is -3.30. The monoisotopic (exact) mass is 535 g/mol. The number of aliphatic hydroxyl groups is 1. The van der Waals surface area contributed by atoms with E-state index in [1.807, 2.05) is 26.0 Å². The smallest absolute Gasteiger partial charge is 0.308 e. The van der Waals surface area contributed by atoms with Gasteiger partial charge in [-0.15, -0.1) is 0 Å². The molecule has 3 rings (SSSR count). The highest BCUT2D eigenvalue weighted by Gasteiger charge is 2.57. The number of rotatable bonds is 10. The summed E-state index contributed by atoms with van der Waals surface area (Å²) in [6.45, 7) is 9.52. The Morgan fingerprint density at radius 2 is 1.92 bits per heavy atom. The number of hydrogen-bond donors (Lipinski definition) is 3. The average Bonchev–Trinajstić information content (AvgIpc) is 3.53. The van der Waals surface area contributed by atoms with Crippen molar-refractivity contribution in [2.24, 2.45) is 5.92 Å². The van der Waals surface area contributed by atoms with Crippen LogP contribution in [0.1, 0.15) is 66.7 Å². The van der Waals surface area contributed by atoms with Gasteiger partial charge in [-0.05, 0) is 45.6 Å². The Morgan fingerprint density at radius 3 is 2.55 bits per heavy atom. The molecule has 212 valence electrons. The largest absolute Gasteiger partial charge is 0.481 e. The molecule has 8 atom stereocenters. The number of carbonyl (C=O) groups is 3. The van der Waals surface area contributed by atoms with Crippen LogP contribution < -0.4 is 5.32 Å². The summed E-state index contributed by atoms with van der Waals surface area (Å²) >= 11 is 0. The van der Waals surface area contributed by atoms with Gasteiger partial charge in [0, 0.05) is 25.8 Å². The van der Waals surface area contributed by atoms with Crippen molar-refractivity contribution in [3.05, 3.63) is 36.0 Å². The van der Waals surface area contributed by atoms with E-state index in [2.05, 4.69) is 18.3 Å². The highest BCUT2D eigenvalue weighted by Crippen LogP contribution is 2.46. The Morgan fingerprint density at radius 1 is 1.21 bits per heavy atom. The lowest BCUT2D eigenvalue weighted by Crippen LogP contribution is -2.50. The second-order valence-electron chi connectivity index (χ2n) is 10.9. The van der Waals surface area contributed by atoms with Gasteiger partial charge >= 0.3 is 11.9 Å². The number of carboxylic acid groups (broad SMARTS) is 1. The molecule has 0 aliphatic carbocycles.